The Labute approximate surface area is 195 Å². The number of carbonyl (C=O) groups is 4. The first-order valence-electron chi connectivity index (χ1n) is 10.7. The summed E-state index contributed by atoms with van der Waals surface area (Å²) in [5, 5.41) is 5.24. The topological polar surface area (TPSA) is 129 Å². The SMILES string of the molecule is COC1=CC(=O)C(OC)=C(CCCNC(=O)[C@H](COC(C)(C)C)NC(=O)OC(C)(C)C)C1=O. The summed E-state index contributed by atoms with van der Waals surface area (Å²) >= 11 is 0. The van der Waals surface area contributed by atoms with Crippen LogP contribution in [0.2, 0.25) is 0 Å². The first kappa shape index (κ1) is 28.2. The second-order valence-electron chi connectivity index (χ2n) is 9.43. The Morgan fingerprint density at radius 1 is 1.00 bits per heavy atom. The van der Waals surface area contributed by atoms with Crippen molar-refractivity contribution in [1.82, 2.24) is 10.6 Å². The Balaban J connectivity index is 2.74. The summed E-state index contributed by atoms with van der Waals surface area (Å²) in [6.45, 7) is 10.8. The fourth-order valence-electron chi connectivity index (χ4n) is 2.82. The molecule has 0 aromatic heterocycles. The second kappa shape index (κ2) is 11.8. The Morgan fingerprint density at radius 3 is 2.15 bits per heavy atom. The minimum atomic E-state index is -0.978. The van der Waals surface area contributed by atoms with Crippen molar-refractivity contribution < 1.29 is 38.1 Å². The summed E-state index contributed by atoms with van der Waals surface area (Å²) in [6.07, 6.45) is 0.898. The monoisotopic (exact) mass is 468 g/mol. The van der Waals surface area contributed by atoms with Crippen LogP contribution in [0.1, 0.15) is 54.4 Å². The van der Waals surface area contributed by atoms with E-state index in [9.17, 15) is 19.2 Å². The molecular weight excluding hydrogens is 432 g/mol. The highest BCUT2D eigenvalue weighted by Gasteiger charge is 2.30. The molecular formula is C23H36N2O8. The van der Waals surface area contributed by atoms with Gasteiger partial charge in [0, 0.05) is 18.2 Å². The van der Waals surface area contributed by atoms with Gasteiger partial charge >= 0.3 is 6.09 Å². The molecule has 1 rings (SSSR count). The Morgan fingerprint density at radius 2 is 1.64 bits per heavy atom. The fraction of sp³-hybridized carbons (Fsp3) is 0.652. The molecule has 186 valence electrons. The van der Waals surface area contributed by atoms with E-state index in [1.54, 1.807) is 20.8 Å². The maximum Gasteiger partial charge on any atom is 0.408 e. The lowest BCUT2D eigenvalue weighted by Gasteiger charge is -2.26. The van der Waals surface area contributed by atoms with Crippen LogP contribution in [0.3, 0.4) is 0 Å². The van der Waals surface area contributed by atoms with Gasteiger partial charge in [0.05, 0.1) is 26.4 Å². The zero-order valence-electron chi connectivity index (χ0n) is 20.7. The highest BCUT2D eigenvalue weighted by Crippen LogP contribution is 2.23. The smallest absolute Gasteiger partial charge is 0.408 e. The highest BCUT2D eigenvalue weighted by atomic mass is 16.6. The molecule has 33 heavy (non-hydrogen) atoms. The molecule has 0 saturated heterocycles. The van der Waals surface area contributed by atoms with Gasteiger partial charge in [0.25, 0.3) is 0 Å². The molecule has 0 aliphatic heterocycles. The third kappa shape index (κ3) is 9.65. The van der Waals surface area contributed by atoms with Gasteiger partial charge < -0.3 is 29.6 Å². The largest absolute Gasteiger partial charge is 0.493 e. The van der Waals surface area contributed by atoms with Crippen molar-refractivity contribution in [2.45, 2.75) is 71.6 Å². The van der Waals surface area contributed by atoms with E-state index in [1.807, 2.05) is 20.8 Å². The first-order chi connectivity index (χ1) is 15.2. The van der Waals surface area contributed by atoms with Gasteiger partial charge in [0.2, 0.25) is 17.5 Å². The number of ether oxygens (including phenoxy) is 4. The summed E-state index contributed by atoms with van der Waals surface area (Å²) in [7, 11) is 2.63. The zero-order valence-corrected chi connectivity index (χ0v) is 20.7. The summed E-state index contributed by atoms with van der Waals surface area (Å²) in [4.78, 5) is 49.4. The van der Waals surface area contributed by atoms with Gasteiger partial charge in [-0.2, -0.15) is 0 Å². The number of nitrogens with one attached hydrogen (secondary N) is 2. The average molecular weight is 469 g/mol. The van der Waals surface area contributed by atoms with E-state index in [2.05, 4.69) is 10.6 Å². The predicted molar refractivity (Wildman–Crippen MR) is 120 cm³/mol. The Bertz CT molecular complexity index is 815. The highest BCUT2D eigenvalue weighted by molar-refractivity contribution is 6.21. The molecule has 0 heterocycles. The second-order valence-corrected chi connectivity index (χ2v) is 9.43. The van der Waals surface area contributed by atoms with Crippen molar-refractivity contribution in [3.8, 4) is 0 Å². The molecule has 2 N–H and O–H groups in total. The van der Waals surface area contributed by atoms with Crippen molar-refractivity contribution in [3.63, 3.8) is 0 Å². The van der Waals surface area contributed by atoms with E-state index in [-0.39, 0.29) is 36.7 Å². The molecule has 10 nitrogen and oxygen atoms in total. The molecule has 0 unspecified atom stereocenters. The molecule has 0 aromatic rings. The normalized spacial score (nSPS) is 15.6. The van der Waals surface area contributed by atoms with E-state index in [0.717, 1.165) is 6.08 Å². The van der Waals surface area contributed by atoms with Crippen LogP contribution in [0.5, 0.6) is 0 Å². The molecule has 0 radical (unpaired) electrons. The third-order valence-corrected chi connectivity index (χ3v) is 4.28. The lowest BCUT2D eigenvalue weighted by Crippen LogP contribution is -2.51. The first-order valence-corrected chi connectivity index (χ1v) is 10.7. The standard InChI is InChI=1S/C23H36N2O8/c1-22(2,3)32-13-15(25-21(29)33-23(4,5)6)20(28)24-11-9-10-14-18(27)17(30-7)12-16(26)19(14)31-8/h12,15H,9-11,13H2,1-8H3,(H,24,28)(H,25,29)/t15-/m0/s1. The van der Waals surface area contributed by atoms with Crippen LogP contribution in [0.15, 0.2) is 23.2 Å². The number of hydrogen-bond donors (Lipinski definition) is 2. The number of rotatable bonds is 10. The number of Topliss-reactive ketones (excluding diaryl/α,β-unsaturated/α-hetero) is 1. The molecule has 0 aromatic carbocycles. The van der Waals surface area contributed by atoms with Crippen LogP contribution in [0.25, 0.3) is 0 Å². The predicted octanol–water partition coefficient (Wildman–Crippen LogP) is 2.17. The lowest BCUT2D eigenvalue weighted by molar-refractivity contribution is -0.126. The van der Waals surface area contributed by atoms with Gasteiger partial charge in [-0.1, -0.05) is 0 Å². The van der Waals surface area contributed by atoms with Crippen LogP contribution < -0.4 is 10.6 Å². The van der Waals surface area contributed by atoms with Crippen LogP contribution in [-0.2, 0) is 33.3 Å². The quantitative estimate of drug-likeness (QED) is 0.369. The van der Waals surface area contributed by atoms with Crippen molar-refractivity contribution in [1.29, 1.82) is 0 Å². The number of amides is 2. The van der Waals surface area contributed by atoms with Crippen molar-refractivity contribution in [2.24, 2.45) is 0 Å². The third-order valence-electron chi connectivity index (χ3n) is 4.28. The van der Waals surface area contributed by atoms with Crippen LogP contribution in [-0.4, -0.2) is 68.2 Å². The van der Waals surface area contributed by atoms with Gasteiger partial charge in [-0.15, -0.1) is 0 Å². The van der Waals surface area contributed by atoms with Crippen LogP contribution in [0.4, 0.5) is 4.79 Å². The number of allylic oxidation sites excluding steroid dienone is 2. The van der Waals surface area contributed by atoms with Crippen molar-refractivity contribution in [3.05, 3.63) is 23.2 Å². The van der Waals surface area contributed by atoms with E-state index in [0.29, 0.717) is 6.42 Å². The minimum Gasteiger partial charge on any atom is -0.493 e. The maximum absolute atomic E-state index is 12.7. The zero-order chi connectivity index (χ0) is 25.4. The van der Waals surface area contributed by atoms with Gasteiger partial charge in [-0.05, 0) is 54.4 Å². The molecule has 0 fully saturated rings. The Hall–Kier alpha value is -2.88. The number of methoxy groups -OCH3 is 2. The molecule has 0 spiro atoms. The van der Waals surface area contributed by atoms with Gasteiger partial charge in [0.1, 0.15) is 11.6 Å². The minimum absolute atomic E-state index is 0.0322. The van der Waals surface area contributed by atoms with E-state index in [4.69, 9.17) is 18.9 Å². The van der Waals surface area contributed by atoms with Gasteiger partial charge in [0.15, 0.2) is 11.5 Å². The molecule has 1 atom stereocenters. The van der Waals surface area contributed by atoms with Crippen LogP contribution in [0, 0.1) is 0 Å². The molecule has 0 bridgehead atoms. The fourth-order valence-corrected chi connectivity index (χ4v) is 2.82. The average Bonchev–Trinajstić information content (AvgIpc) is 2.68. The van der Waals surface area contributed by atoms with Crippen LogP contribution >= 0.6 is 0 Å². The number of hydrogen-bond acceptors (Lipinski definition) is 8. The number of carbonyl (C=O) groups excluding carboxylic acids is 4. The van der Waals surface area contributed by atoms with Crippen molar-refractivity contribution in [2.75, 3.05) is 27.4 Å². The molecule has 1 aliphatic rings. The van der Waals surface area contributed by atoms with E-state index >= 15 is 0 Å². The van der Waals surface area contributed by atoms with E-state index in [1.165, 1.54) is 14.2 Å². The molecule has 2 amide bonds. The van der Waals surface area contributed by atoms with Crippen molar-refractivity contribution >= 4 is 23.6 Å². The summed E-state index contributed by atoms with van der Waals surface area (Å²) < 4.78 is 20.9. The number of alkyl carbamates (subject to hydrolysis) is 1. The van der Waals surface area contributed by atoms with E-state index < -0.39 is 40.8 Å². The maximum atomic E-state index is 12.7. The summed E-state index contributed by atoms with van der Waals surface area (Å²) in [5.41, 5.74) is -1.05. The van der Waals surface area contributed by atoms with Gasteiger partial charge in [-0.3, -0.25) is 14.4 Å². The molecule has 1 aliphatic carbocycles. The molecule has 0 saturated carbocycles. The van der Waals surface area contributed by atoms with Gasteiger partial charge in [-0.25, -0.2) is 4.79 Å². The summed E-state index contributed by atoms with van der Waals surface area (Å²) in [6, 6.07) is -0.978. The Kier molecular flexibility index (Phi) is 10.1. The lowest BCUT2D eigenvalue weighted by atomic mass is 9.96. The number of ketones is 2. The molecule has 10 heteroatoms. The summed E-state index contributed by atoms with van der Waals surface area (Å²) in [5.74, 6) is -1.43.